The molecule has 0 amide bonds. The van der Waals surface area contributed by atoms with Crippen molar-refractivity contribution in [1.82, 2.24) is 14.9 Å². The van der Waals surface area contributed by atoms with Gasteiger partial charge in [-0.3, -0.25) is 9.88 Å². The van der Waals surface area contributed by atoms with E-state index in [1.807, 2.05) is 36.5 Å². The van der Waals surface area contributed by atoms with E-state index in [4.69, 9.17) is 4.74 Å². The van der Waals surface area contributed by atoms with Gasteiger partial charge in [0.15, 0.2) is 0 Å². The minimum atomic E-state index is 0.611. The van der Waals surface area contributed by atoms with Crippen LogP contribution in [0.5, 0.6) is 5.75 Å². The molecule has 4 rings (SSSR count). The summed E-state index contributed by atoms with van der Waals surface area (Å²) in [6, 6.07) is 10.7. The van der Waals surface area contributed by atoms with Gasteiger partial charge in [0.2, 0.25) is 0 Å². The predicted octanol–water partition coefficient (Wildman–Crippen LogP) is 2.46. The fourth-order valence-corrected chi connectivity index (χ4v) is 3.97. The summed E-state index contributed by atoms with van der Waals surface area (Å²) >= 11 is 0. The molecule has 0 saturated carbocycles. The van der Waals surface area contributed by atoms with Gasteiger partial charge in [-0.05, 0) is 37.4 Å². The van der Waals surface area contributed by atoms with Crippen LogP contribution in [0.25, 0.3) is 0 Å². The second kappa shape index (κ2) is 7.18. The van der Waals surface area contributed by atoms with Crippen LogP contribution in [0, 0.1) is 5.92 Å². The summed E-state index contributed by atoms with van der Waals surface area (Å²) in [6.45, 7) is 5.06. The maximum Gasteiger partial charge on any atom is 0.147 e. The highest BCUT2D eigenvalue weighted by Crippen LogP contribution is 2.32. The second-order valence-electron chi connectivity index (χ2n) is 6.61. The number of benzene rings is 1. The second-order valence-corrected chi connectivity index (χ2v) is 6.61. The molecule has 24 heavy (non-hydrogen) atoms. The first kappa shape index (κ1) is 15.4. The van der Waals surface area contributed by atoms with Crippen molar-refractivity contribution < 1.29 is 4.74 Å². The number of rotatable bonds is 5. The molecule has 2 aromatic rings. The molecule has 2 aliphatic rings. The summed E-state index contributed by atoms with van der Waals surface area (Å²) in [5.41, 5.74) is 0. The SMILES string of the molecule is c1ccc(OCCN2CCC3CCN(c4cnccn4)CC32)cc1. The van der Waals surface area contributed by atoms with Crippen molar-refractivity contribution in [3.8, 4) is 5.75 Å². The van der Waals surface area contributed by atoms with E-state index in [0.717, 1.165) is 43.7 Å². The molecule has 0 bridgehead atoms. The summed E-state index contributed by atoms with van der Waals surface area (Å²) in [6.07, 6.45) is 7.94. The molecule has 0 aliphatic carbocycles. The molecule has 126 valence electrons. The Kier molecular flexibility index (Phi) is 4.60. The number of hydrogen-bond donors (Lipinski definition) is 0. The van der Waals surface area contributed by atoms with E-state index < -0.39 is 0 Å². The van der Waals surface area contributed by atoms with Crippen molar-refractivity contribution in [2.75, 3.05) is 37.7 Å². The Morgan fingerprint density at radius 3 is 2.79 bits per heavy atom. The Labute approximate surface area is 143 Å². The number of para-hydroxylation sites is 1. The van der Waals surface area contributed by atoms with Crippen molar-refractivity contribution in [1.29, 1.82) is 0 Å². The molecule has 5 heteroatoms. The van der Waals surface area contributed by atoms with Gasteiger partial charge in [-0.1, -0.05) is 18.2 Å². The molecule has 0 radical (unpaired) electrons. The van der Waals surface area contributed by atoms with E-state index in [2.05, 4.69) is 19.8 Å². The molecule has 5 nitrogen and oxygen atoms in total. The zero-order valence-corrected chi connectivity index (χ0v) is 13.9. The molecular weight excluding hydrogens is 300 g/mol. The third-order valence-electron chi connectivity index (χ3n) is 5.24. The normalized spacial score (nSPS) is 23.9. The molecule has 2 aliphatic heterocycles. The third-order valence-corrected chi connectivity index (χ3v) is 5.24. The first-order valence-electron chi connectivity index (χ1n) is 8.83. The van der Waals surface area contributed by atoms with Gasteiger partial charge >= 0.3 is 0 Å². The van der Waals surface area contributed by atoms with Gasteiger partial charge in [0, 0.05) is 38.1 Å². The zero-order chi connectivity index (χ0) is 16.2. The van der Waals surface area contributed by atoms with Crippen LogP contribution < -0.4 is 9.64 Å². The van der Waals surface area contributed by atoms with Gasteiger partial charge in [0.25, 0.3) is 0 Å². The standard InChI is InChI=1S/C19H24N4O/c1-2-4-17(5-3-1)24-13-12-22-10-6-16-7-11-23(15-18(16)22)19-14-20-8-9-21-19/h1-5,8-9,14,16,18H,6-7,10-13,15H2. The molecule has 2 unspecified atom stereocenters. The number of likely N-dealkylation sites (tertiary alicyclic amines) is 1. The number of piperidine rings is 1. The molecule has 2 saturated heterocycles. The van der Waals surface area contributed by atoms with Crippen LogP contribution in [0.3, 0.4) is 0 Å². The fourth-order valence-electron chi connectivity index (χ4n) is 3.97. The Balaban J connectivity index is 1.34. The minimum Gasteiger partial charge on any atom is -0.492 e. The zero-order valence-electron chi connectivity index (χ0n) is 13.9. The molecule has 2 atom stereocenters. The van der Waals surface area contributed by atoms with E-state index in [9.17, 15) is 0 Å². The number of hydrogen-bond acceptors (Lipinski definition) is 5. The van der Waals surface area contributed by atoms with E-state index in [1.54, 1.807) is 12.4 Å². The van der Waals surface area contributed by atoms with Crippen molar-refractivity contribution in [3.05, 3.63) is 48.9 Å². The molecule has 0 spiro atoms. The lowest BCUT2D eigenvalue weighted by molar-refractivity contribution is 0.171. The van der Waals surface area contributed by atoms with Crippen LogP contribution >= 0.6 is 0 Å². The van der Waals surface area contributed by atoms with Crippen LogP contribution in [0.1, 0.15) is 12.8 Å². The van der Waals surface area contributed by atoms with Crippen molar-refractivity contribution in [3.63, 3.8) is 0 Å². The van der Waals surface area contributed by atoms with Crippen molar-refractivity contribution in [2.24, 2.45) is 5.92 Å². The topological polar surface area (TPSA) is 41.5 Å². The summed E-state index contributed by atoms with van der Waals surface area (Å²) < 4.78 is 5.88. The number of fused-ring (bicyclic) bond motifs is 1. The van der Waals surface area contributed by atoms with Gasteiger partial charge in [-0.2, -0.15) is 0 Å². The lowest BCUT2D eigenvalue weighted by Gasteiger charge is -2.39. The number of nitrogens with zero attached hydrogens (tertiary/aromatic N) is 4. The van der Waals surface area contributed by atoms with Gasteiger partial charge in [0.05, 0.1) is 6.20 Å². The van der Waals surface area contributed by atoms with Crippen LogP contribution in [0.2, 0.25) is 0 Å². The highest BCUT2D eigenvalue weighted by molar-refractivity contribution is 5.36. The van der Waals surface area contributed by atoms with E-state index in [0.29, 0.717) is 6.04 Å². The van der Waals surface area contributed by atoms with Crippen LogP contribution in [-0.2, 0) is 0 Å². The minimum absolute atomic E-state index is 0.611. The molecule has 0 N–H and O–H groups in total. The average molecular weight is 324 g/mol. The summed E-state index contributed by atoms with van der Waals surface area (Å²) in [5.74, 6) is 2.77. The van der Waals surface area contributed by atoms with Gasteiger partial charge in [-0.25, -0.2) is 4.98 Å². The first-order valence-corrected chi connectivity index (χ1v) is 8.83. The van der Waals surface area contributed by atoms with E-state index >= 15 is 0 Å². The maximum absolute atomic E-state index is 5.88. The Hall–Kier alpha value is -2.14. The predicted molar refractivity (Wildman–Crippen MR) is 94.3 cm³/mol. The summed E-state index contributed by atoms with van der Waals surface area (Å²) in [5, 5.41) is 0. The highest BCUT2D eigenvalue weighted by Gasteiger charge is 2.38. The van der Waals surface area contributed by atoms with Crippen LogP contribution in [0.4, 0.5) is 5.82 Å². The van der Waals surface area contributed by atoms with E-state index in [-0.39, 0.29) is 0 Å². The summed E-state index contributed by atoms with van der Waals surface area (Å²) in [4.78, 5) is 13.6. The average Bonchev–Trinajstić information content (AvgIpc) is 3.06. The number of aromatic nitrogens is 2. The lowest BCUT2D eigenvalue weighted by Crippen LogP contribution is -2.49. The van der Waals surface area contributed by atoms with E-state index in [1.165, 1.54) is 19.4 Å². The molecule has 3 heterocycles. The van der Waals surface area contributed by atoms with Gasteiger partial charge < -0.3 is 9.64 Å². The molecule has 1 aromatic carbocycles. The van der Waals surface area contributed by atoms with Crippen molar-refractivity contribution >= 4 is 5.82 Å². The molecule has 1 aromatic heterocycles. The van der Waals surface area contributed by atoms with Gasteiger partial charge in [-0.15, -0.1) is 0 Å². The van der Waals surface area contributed by atoms with Crippen LogP contribution in [0.15, 0.2) is 48.9 Å². The van der Waals surface area contributed by atoms with Crippen molar-refractivity contribution in [2.45, 2.75) is 18.9 Å². The maximum atomic E-state index is 5.88. The summed E-state index contributed by atoms with van der Waals surface area (Å²) in [7, 11) is 0. The molecule has 2 fully saturated rings. The Morgan fingerprint density at radius 2 is 1.96 bits per heavy atom. The lowest BCUT2D eigenvalue weighted by atomic mass is 9.92. The Morgan fingerprint density at radius 1 is 1.08 bits per heavy atom. The highest BCUT2D eigenvalue weighted by atomic mass is 16.5. The monoisotopic (exact) mass is 324 g/mol. The Bertz CT molecular complexity index is 636. The first-order chi connectivity index (χ1) is 11.9. The number of anilines is 1. The quantitative estimate of drug-likeness (QED) is 0.845. The third kappa shape index (κ3) is 3.36. The fraction of sp³-hybridized carbons (Fsp3) is 0.474. The van der Waals surface area contributed by atoms with Crippen LogP contribution in [-0.4, -0.2) is 53.7 Å². The number of ether oxygens (including phenoxy) is 1. The largest absolute Gasteiger partial charge is 0.492 e. The van der Waals surface area contributed by atoms with Gasteiger partial charge in [0.1, 0.15) is 18.2 Å². The smallest absolute Gasteiger partial charge is 0.147 e. The molecular formula is C19H24N4O.